The lowest BCUT2D eigenvalue weighted by Gasteiger charge is -2.29. The van der Waals surface area contributed by atoms with Gasteiger partial charge in [-0.15, -0.1) is 0 Å². The Morgan fingerprint density at radius 2 is 1.83 bits per heavy atom. The average Bonchev–Trinajstić information content (AvgIpc) is 2.43. The lowest BCUT2D eigenvalue weighted by Crippen LogP contribution is -2.46. The number of aliphatic carboxylic acids is 1. The van der Waals surface area contributed by atoms with Crippen LogP contribution in [0.2, 0.25) is 0 Å². The smallest absolute Gasteiger partial charge is 0.335 e. The zero-order chi connectivity index (χ0) is 18.6. The van der Waals surface area contributed by atoms with Crippen LogP contribution in [0.1, 0.15) is 51.9 Å². The highest BCUT2D eigenvalue weighted by Crippen LogP contribution is 2.11. The minimum absolute atomic E-state index is 0.332. The number of ether oxygens (including phenoxy) is 1. The molecule has 24 heavy (non-hydrogen) atoms. The Bertz CT molecular complexity index is 401. The molecule has 0 aliphatic heterocycles. The van der Waals surface area contributed by atoms with Crippen LogP contribution in [0.15, 0.2) is 12.2 Å². The summed E-state index contributed by atoms with van der Waals surface area (Å²) in [6, 6.07) is 0. The average molecular weight is 343 g/mol. The molecule has 0 radical (unpaired) electrons. The number of esters is 1. The van der Waals surface area contributed by atoms with Gasteiger partial charge in [0, 0.05) is 12.4 Å². The van der Waals surface area contributed by atoms with E-state index in [0.29, 0.717) is 17.4 Å². The van der Waals surface area contributed by atoms with E-state index in [-0.39, 0.29) is 6.42 Å². The molecule has 0 amide bonds. The molecule has 0 aliphatic carbocycles. The number of carboxylic acid groups (broad SMARTS) is 1. The largest absolute Gasteiger partial charge is 0.550 e. The van der Waals surface area contributed by atoms with E-state index in [0.717, 1.165) is 32.1 Å². The van der Waals surface area contributed by atoms with Gasteiger partial charge in [0.15, 0.2) is 12.2 Å². The SMILES string of the molecule is CC/C=C/CCCCCC(O)C(=O)OC(CC(=O)[O-])C[N+](C)(C)C. The Kier molecular flexibility index (Phi) is 11.3. The van der Waals surface area contributed by atoms with Gasteiger partial charge in [-0.05, 0) is 25.7 Å². The van der Waals surface area contributed by atoms with Gasteiger partial charge in [-0.25, -0.2) is 4.79 Å². The Balaban J connectivity index is 4.19. The molecule has 0 fully saturated rings. The highest BCUT2D eigenvalue weighted by molar-refractivity contribution is 5.75. The van der Waals surface area contributed by atoms with Crippen LogP contribution in [-0.2, 0) is 14.3 Å². The van der Waals surface area contributed by atoms with Crippen molar-refractivity contribution in [1.82, 2.24) is 0 Å². The molecule has 0 aromatic rings. The fourth-order valence-corrected chi connectivity index (χ4v) is 2.36. The van der Waals surface area contributed by atoms with Gasteiger partial charge in [-0.1, -0.05) is 31.9 Å². The Hall–Kier alpha value is -1.40. The molecule has 0 spiro atoms. The first-order valence-electron chi connectivity index (χ1n) is 8.69. The van der Waals surface area contributed by atoms with Gasteiger partial charge < -0.3 is 24.2 Å². The number of aliphatic hydroxyl groups excluding tert-OH is 1. The summed E-state index contributed by atoms with van der Waals surface area (Å²) in [5.74, 6) is -2.02. The molecule has 2 atom stereocenters. The summed E-state index contributed by atoms with van der Waals surface area (Å²) >= 11 is 0. The van der Waals surface area contributed by atoms with Crippen LogP contribution in [0.25, 0.3) is 0 Å². The van der Waals surface area contributed by atoms with Gasteiger partial charge in [-0.2, -0.15) is 0 Å². The number of carbonyl (C=O) groups excluding carboxylic acids is 2. The maximum absolute atomic E-state index is 11.9. The Morgan fingerprint density at radius 1 is 1.17 bits per heavy atom. The van der Waals surface area contributed by atoms with Crippen LogP contribution in [0.5, 0.6) is 0 Å². The van der Waals surface area contributed by atoms with E-state index in [2.05, 4.69) is 19.1 Å². The number of hydrogen-bond acceptors (Lipinski definition) is 5. The zero-order valence-corrected chi connectivity index (χ0v) is 15.5. The summed E-state index contributed by atoms with van der Waals surface area (Å²) in [7, 11) is 5.62. The molecule has 0 heterocycles. The third kappa shape index (κ3) is 13.1. The van der Waals surface area contributed by atoms with E-state index in [1.165, 1.54) is 0 Å². The second-order valence-electron chi connectivity index (χ2n) is 7.14. The van der Waals surface area contributed by atoms with Crippen molar-refractivity contribution in [3.63, 3.8) is 0 Å². The van der Waals surface area contributed by atoms with Crippen molar-refractivity contribution < 1.29 is 29.0 Å². The van der Waals surface area contributed by atoms with E-state index in [1.807, 2.05) is 21.1 Å². The van der Waals surface area contributed by atoms with Crippen LogP contribution in [0, 0.1) is 0 Å². The highest BCUT2D eigenvalue weighted by Gasteiger charge is 2.25. The maximum atomic E-state index is 11.9. The van der Waals surface area contributed by atoms with Gasteiger partial charge in [0.25, 0.3) is 0 Å². The number of carboxylic acids is 1. The highest BCUT2D eigenvalue weighted by atomic mass is 16.6. The topological polar surface area (TPSA) is 86.7 Å². The minimum Gasteiger partial charge on any atom is -0.550 e. The van der Waals surface area contributed by atoms with Crippen molar-refractivity contribution in [3.8, 4) is 0 Å². The van der Waals surface area contributed by atoms with Crippen molar-refractivity contribution >= 4 is 11.9 Å². The summed E-state index contributed by atoms with van der Waals surface area (Å²) in [5, 5.41) is 20.7. The number of rotatable bonds is 13. The lowest BCUT2D eigenvalue weighted by atomic mass is 10.1. The van der Waals surface area contributed by atoms with E-state index in [4.69, 9.17) is 4.74 Å². The fourth-order valence-electron chi connectivity index (χ4n) is 2.36. The molecule has 2 unspecified atom stereocenters. The standard InChI is InChI=1S/C18H33NO5/c1-5-6-7-8-9-10-11-12-16(20)18(23)24-15(13-17(21)22)14-19(2,3)4/h6-7,15-16,20H,5,8-14H2,1-4H3/b7-6+. The molecule has 0 aromatic carbocycles. The lowest BCUT2D eigenvalue weighted by molar-refractivity contribution is -0.873. The monoisotopic (exact) mass is 343 g/mol. The van der Waals surface area contributed by atoms with Crippen LogP contribution in [-0.4, -0.2) is 61.4 Å². The van der Waals surface area contributed by atoms with Crippen molar-refractivity contribution in [2.24, 2.45) is 0 Å². The van der Waals surface area contributed by atoms with Crippen LogP contribution < -0.4 is 5.11 Å². The second kappa shape index (κ2) is 12.0. The predicted molar refractivity (Wildman–Crippen MR) is 90.9 cm³/mol. The predicted octanol–water partition coefficient (Wildman–Crippen LogP) is 1.02. The number of aliphatic hydroxyl groups is 1. The quantitative estimate of drug-likeness (QED) is 0.233. The summed E-state index contributed by atoms with van der Waals surface area (Å²) in [6.07, 6.45) is 6.96. The van der Waals surface area contributed by atoms with Crippen molar-refractivity contribution in [1.29, 1.82) is 0 Å². The number of nitrogens with zero attached hydrogens (tertiary/aromatic N) is 1. The molecule has 140 valence electrons. The van der Waals surface area contributed by atoms with Crippen LogP contribution in [0.4, 0.5) is 0 Å². The molecule has 6 nitrogen and oxygen atoms in total. The molecule has 1 N–H and O–H groups in total. The molecule has 0 rings (SSSR count). The summed E-state index contributed by atoms with van der Waals surface area (Å²) < 4.78 is 5.62. The maximum Gasteiger partial charge on any atom is 0.335 e. The number of unbranched alkanes of at least 4 members (excludes halogenated alkanes) is 3. The second-order valence-corrected chi connectivity index (χ2v) is 7.14. The van der Waals surface area contributed by atoms with E-state index in [1.54, 1.807) is 0 Å². The van der Waals surface area contributed by atoms with E-state index in [9.17, 15) is 19.8 Å². The molecule has 6 heteroatoms. The number of allylic oxidation sites excluding steroid dienone is 2. The summed E-state index contributed by atoms with van der Waals surface area (Å²) in [4.78, 5) is 22.7. The summed E-state index contributed by atoms with van der Waals surface area (Å²) in [6.45, 7) is 2.43. The van der Waals surface area contributed by atoms with Crippen LogP contribution in [0.3, 0.4) is 0 Å². The summed E-state index contributed by atoms with van der Waals surface area (Å²) in [5.41, 5.74) is 0. The molecule has 0 saturated heterocycles. The first kappa shape index (κ1) is 22.6. The van der Waals surface area contributed by atoms with Crippen molar-refractivity contribution in [3.05, 3.63) is 12.2 Å². The first-order chi connectivity index (χ1) is 11.2. The number of carbonyl (C=O) groups is 2. The van der Waals surface area contributed by atoms with Crippen LogP contribution >= 0.6 is 0 Å². The zero-order valence-electron chi connectivity index (χ0n) is 15.5. The third-order valence-electron chi connectivity index (χ3n) is 3.45. The fraction of sp³-hybridized carbons (Fsp3) is 0.778. The molecule has 0 aliphatic rings. The molecule has 0 bridgehead atoms. The van der Waals surface area contributed by atoms with Gasteiger partial charge in [-0.3, -0.25) is 0 Å². The van der Waals surface area contributed by atoms with E-state index >= 15 is 0 Å². The molecule has 0 saturated carbocycles. The van der Waals surface area contributed by atoms with Crippen molar-refractivity contribution in [2.45, 2.75) is 64.1 Å². The Labute approximate surface area is 145 Å². The van der Waals surface area contributed by atoms with Crippen molar-refractivity contribution in [2.75, 3.05) is 27.7 Å². The van der Waals surface area contributed by atoms with E-state index < -0.39 is 24.1 Å². The molecular weight excluding hydrogens is 310 g/mol. The minimum atomic E-state index is -1.27. The van der Waals surface area contributed by atoms with Gasteiger partial charge in [0.2, 0.25) is 0 Å². The van der Waals surface area contributed by atoms with Gasteiger partial charge in [0.1, 0.15) is 6.54 Å². The first-order valence-corrected chi connectivity index (χ1v) is 8.69. The molecular formula is C18H33NO5. The van der Waals surface area contributed by atoms with Gasteiger partial charge in [0.05, 0.1) is 21.1 Å². The third-order valence-corrected chi connectivity index (χ3v) is 3.45. The number of quaternary nitrogens is 1. The molecule has 0 aromatic heterocycles. The Morgan fingerprint density at radius 3 is 2.38 bits per heavy atom. The normalized spacial score (nSPS) is 14.5. The number of likely N-dealkylation sites (N-methyl/N-ethyl adjacent to an activating group) is 1. The number of hydrogen-bond donors (Lipinski definition) is 1. The van der Waals surface area contributed by atoms with Gasteiger partial charge >= 0.3 is 5.97 Å².